The Morgan fingerprint density at radius 1 is 1.33 bits per heavy atom. The number of hydrogen-bond acceptors (Lipinski definition) is 3. The Morgan fingerprint density at radius 2 is 2.00 bits per heavy atom. The van der Waals surface area contributed by atoms with Gasteiger partial charge in [0.2, 0.25) is 0 Å². The van der Waals surface area contributed by atoms with Gasteiger partial charge in [0.1, 0.15) is 5.82 Å². The van der Waals surface area contributed by atoms with Crippen molar-refractivity contribution in [2.24, 2.45) is 7.05 Å². The van der Waals surface area contributed by atoms with Gasteiger partial charge in [-0.2, -0.15) is 0 Å². The van der Waals surface area contributed by atoms with Crippen LogP contribution >= 0.6 is 12.4 Å². The van der Waals surface area contributed by atoms with Gasteiger partial charge in [0.15, 0.2) is 0 Å². The summed E-state index contributed by atoms with van der Waals surface area (Å²) in [5, 5.41) is 3.27. The lowest BCUT2D eigenvalue weighted by Crippen LogP contribution is -2.27. The average molecular weight is 230 g/mol. The van der Waals surface area contributed by atoms with Crippen LogP contribution in [0, 0.1) is 6.92 Å². The molecule has 0 bridgehead atoms. The molecule has 0 saturated carbocycles. The number of fused-ring (bicyclic) bond motifs is 1. The molecule has 0 radical (unpaired) electrons. The van der Waals surface area contributed by atoms with Crippen molar-refractivity contribution in [1.82, 2.24) is 14.9 Å². The fourth-order valence-electron chi connectivity index (χ4n) is 1.81. The second-order valence-corrected chi connectivity index (χ2v) is 3.70. The maximum atomic E-state index is 11.9. The van der Waals surface area contributed by atoms with Crippen molar-refractivity contribution >= 4 is 12.4 Å². The summed E-state index contributed by atoms with van der Waals surface area (Å²) < 4.78 is 1.63. The maximum absolute atomic E-state index is 11.9. The van der Waals surface area contributed by atoms with Crippen LogP contribution in [-0.2, 0) is 19.9 Å². The van der Waals surface area contributed by atoms with Gasteiger partial charge in [0.25, 0.3) is 5.56 Å². The molecule has 1 N–H and O–H groups in total. The number of aromatic nitrogens is 2. The molecule has 0 unspecified atom stereocenters. The first-order chi connectivity index (χ1) is 6.70. The highest BCUT2D eigenvalue weighted by molar-refractivity contribution is 5.85. The fourth-order valence-corrected chi connectivity index (χ4v) is 1.81. The van der Waals surface area contributed by atoms with Crippen LogP contribution in [0.25, 0.3) is 0 Å². The number of rotatable bonds is 0. The Kier molecular flexibility index (Phi) is 3.88. The first-order valence-electron chi connectivity index (χ1n) is 4.96. The van der Waals surface area contributed by atoms with E-state index in [1.165, 1.54) is 0 Å². The van der Waals surface area contributed by atoms with Gasteiger partial charge in [-0.05, 0) is 19.9 Å². The zero-order valence-electron chi connectivity index (χ0n) is 9.04. The largest absolute Gasteiger partial charge is 0.316 e. The zero-order valence-corrected chi connectivity index (χ0v) is 9.86. The highest BCUT2D eigenvalue weighted by Crippen LogP contribution is 2.06. The number of aryl methyl sites for hydroxylation is 1. The molecule has 2 rings (SSSR count). The van der Waals surface area contributed by atoms with E-state index in [1.54, 1.807) is 11.6 Å². The molecule has 1 aliphatic rings. The van der Waals surface area contributed by atoms with Gasteiger partial charge >= 0.3 is 0 Å². The molecule has 0 spiro atoms. The molecule has 4 nitrogen and oxygen atoms in total. The molecule has 1 aromatic rings. The van der Waals surface area contributed by atoms with Crippen LogP contribution in [0.4, 0.5) is 0 Å². The first-order valence-corrected chi connectivity index (χ1v) is 4.96. The van der Waals surface area contributed by atoms with Crippen LogP contribution in [0.3, 0.4) is 0 Å². The lowest BCUT2D eigenvalue weighted by Gasteiger charge is -2.08. The molecule has 1 aromatic heterocycles. The van der Waals surface area contributed by atoms with Crippen molar-refractivity contribution < 1.29 is 0 Å². The van der Waals surface area contributed by atoms with Gasteiger partial charge in [0.05, 0.1) is 5.69 Å². The monoisotopic (exact) mass is 229 g/mol. The molecule has 0 amide bonds. The average Bonchev–Trinajstić information content (AvgIpc) is 2.39. The van der Waals surface area contributed by atoms with Gasteiger partial charge in [0, 0.05) is 25.6 Å². The van der Waals surface area contributed by atoms with Crippen molar-refractivity contribution in [3.05, 3.63) is 27.4 Å². The van der Waals surface area contributed by atoms with E-state index in [9.17, 15) is 4.79 Å². The fraction of sp³-hybridized carbons (Fsp3) is 0.600. The molecule has 84 valence electrons. The van der Waals surface area contributed by atoms with Gasteiger partial charge in [-0.25, -0.2) is 4.98 Å². The van der Waals surface area contributed by atoms with Gasteiger partial charge < -0.3 is 5.32 Å². The predicted octanol–water partition coefficient (Wildman–Crippen LogP) is 0.199. The Balaban J connectivity index is 0.00000112. The van der Waals surface area contributed by atoms with E-state index in [1.807, 2.05) is 6.92 Å². The Morgan fingerprint density at radius 3 is 2.73 bits per heavy atom. The van der Waals surface area contributed by atoms with Gasteiger partial charge in [-0.15, -0.1) is 12.4 Å². The van der Waals surface area contributed by atoms with E-state index in [2.05, 4.69) is 10.3 Å². The van der Waals surface area contributed by atoms with E-state index in [0.29, 0.717) is 0 Å². The van der Waals surface area contributed by atoms with Crippen molar-refractivity contribution in [2.45, 2.75) is 19.8 Å². The smallest absolute Gasteiger partial charge is 0.256 e. The van der Waals surface area contributed by atoms with E-state index >= 15 is 0 Å². The lowest BCUT2D eigenvalue weighted by molar-refractivity contribution is 0.708. The topological polar surface area (TPSA) is 46.9 Å². The van der Waals surface area contributed by atoms with Crippen LogP contribution in [0.5, 0.6) is 0 Å². The van der Waals surface area contributed by atoms with E-state index < -0.39 is 0 Å². The predicted molar refractivity (Wildman–Crippen MR) is 61.7 cm³/mol. The maximum Gasteiger partial charge on any atom is 0.256 e. The van der Waals surface area contributed by atoms with Crippen LogP contribution in [0.15, 0.2) is 4.79 Å². The van der Waals surface area contributed by atoms with Gasteiger partial charge in [-0.3, -0.25) is 9.36 Å². The number of hydrogen-bond donors (Lipinski definition) is 1. The number of halogens is 1. The summed E-state index contributed by atoms with van der Waals surface area (Å²) >= 11 is 0. The van der Waals surface area contributed by atoms with Crippen molar-refractivity contribution in [3.8, 4) is 0 Å². The summed E-state index contributed by atoms with van der Waals surface area (Å²) in [6, 6.07) is 0. The Labute approximate surface area is 95.1 Å². The summed E-state index contributed by atoms with van der Waals surface area (Å²) in [6.45, 7) is 3.68. The second kappa shape index (κ2) is 4.77. The molecule has 1 aliphatic heterocycles. The minimum absolute atomic E-state index is 0. The normalized spacial score (nSPS) is 15.1. The second-order valence-electron chi connectivity index (χ2n) is 3.70. The highest BCUT2D eigenvalue weighted by atomic mass is 35.5. The third-order valence-corrected chi connectivity index (χ3v) is 2.78. The van der Waals surface area contributed by atoms with Crippen molar-refractivity contribution in [1.29, 1.82) is 0 Å². The quantitative estimate of drug-likeness (QED) is 0.692. The molecular weight excluding hydrogens is 214 g/mol. The molecular formula is C10H16ClN3O. The third kappa shape index (κ3) is 2.21. The molecule has 2 heterocycles. The van der Waals surface area contributed by atoms with E-state index in [4.69, 9.17) is 0 Å². The third-order valence-electron chi connectivity index (χ3n) is 2.78. The van der Waals surface area contributed by atoms with Crippen molar-refractivity contribution in [2.75, 3.05) is 13.1 Å². The van der Waals surface area contributed by atoms with Crippen LogP contribution in [0.1, 0.15) is 17.1 Å². The van der Waals surface area contributed by atoms with E-state index in [-0.39, 0.29) is 18.0 Å². The molecule has 0 aliphatic carbocycles. The first kappa shape index (κ1) is 12.2. The zero-order chi connectivity index (χ0) is 10.1. The summed E-state index contributed by atoms with van der Waals surface area (Å²) in [5.74, 6) is 0.802. The van der Waals surface area contributed by atoms with Gasteiger partial charge in [-0.1, -0.05) is 0 Å². The van der Waals surface area contributed by atoms with Crippen LogP contribution in [0.2, 0.25) is 0 Å². The highest BCUT2D eigenvalue weighted by Gasteiger charge is 2.14. The Hall–Kier alpha value is -0.870. The standard InChI is InChI=1S/C10H15N3O.ClH/c1-7-12-9-4-6-11-5-3-8(9)10(14)13(7)2;/h11H,3-6H2,1-2H3;1H. The summed E-state index contributed by atoms with van der Waals surface area (Å²) in [7, 11) is 1.78. The summed E-state index contributed by atoms with van der Waals surface area (Å²) in [6.07, 6.45) is 1.67. The molecule has 0 atom stereocenters. The molecule has 0 fully saturated rings. The van der Waals surface area contributed by atoms with Crippen LogP contribution < -0.4 is 10.9 Å². The van der Waals surface area contributed by atoms with Crippen molar-refractivity contribution in [3.63, 3.8) is 0 Å². The molecule has 0 aromatic carbocycles. The molecule has 5 heteroatoms. The summed E-state index contributed by atoms with van der Waals surface area (Å²) in [5.41, 5.74) is 2.00. The summed E-state index contributed by atoms with van der Waals surface area (Å²) in [4.78, 5) is 16.3. The number of nitrogens with one attached hydrogen (secondary N) is 1. The lowest BCUT2D eigenvalue weighted by atomic mass is 10.1. The Bertz CT molecular complexity index is 414. The molecule has 15 heavy (non-hydrogen) atoms. The minimum Gasteiger partial charge on any atom is -0.316 e. The van der Waals surface area contributed by atoms with E-state index in [0.717, 1.165) is 43.0 Å². The van der Waals surface area contributed by atoms with Crippen LogP contribution in [-0.4, -0.2) is 22.6 Å². The number of nitrogens with zero attached hydrogens (tertiary/aromatic N) is 2. The molecule has 0 saturated heterocycles. The minimum atomic E-state index is 0. The SMILES string of the molecule is Cc1nc2c(c(=O)n1C)CCNCC2.Cl.